The number of amides is 4. The van der Waals surface area contributed by atoms with Gasteiger partial charge in [-0.15, -0.1) is 0 Å². The highest BCUT2D eigenvalue weighted by molar-refractivity contribution is 5.91. The van der Waals surface area contributed by atoms with Crippen LogP contribution in [-0.2, 0) is 22.4 Å². The van der Waals surface area contributed by atoms with E-state index in [2.05, 4.69) is 16.8 Å². The van der Waals surface area contributed by atoms with E-state index in [1.54, 1.807) is 29.2 Å². The van der Waals surface area contributed by atoms with Gasteiger partial charge in [-0.2, -0.15) is 0 Å². The van der Waals surface area contributed by atoms with Gasteiger partial charge in [0.05, 0.1) is 0 Å². The summed E-state index contributed by atoms with van der Waals surface area (Å²) in [5, 5.41) is 13.2. The fraction of sp³-hybridized carbons (Fsp3) is 0.528. The lowest BCUT2D eigenvalue weighted by Crippen LogP contribution is -2.55. The molecule has 3 aliphatic heterocycles. The summed E-state index contributed by atoms with van der Waals surface area (Å²) in [7, 11) is 0. The van der Waals surface area contributed by atoms with Gasteiger partial charge < -0.3 is 29.9 Å². The topological polar surface area (TPSA) is 106 Å². The number of piperazine rings is 1. The van der Waals surface area contributed by atoms with Crippen molar-refractivity contribution in [2.45, 2.75) is 76.0 Å². The molecule has 10 nitrogen and oxygen atoms in total. The maximum absolute atomic E-state index is 13.9. The molecule has 0 radical (unpaired) electrons. The van der Waals surface area contributed by atoms with Crippen molar-refractivity contribution in [3.05, 3.63) is 65.7 Å². The zero-order chi connectivity index (χ0) is 32.0. The molecule has 2 aromatic carbocycles. The summed E-state index contributed by atoms with van der Waals surface area (Å²) in [6.45, 7) is 8.19. The number of anilines is 1. The molecule has 1 aliphatic carbocycles. The molecule has 4 amide bonds. The molecule has 0 unspecified atom stereocenters. The molecule has 1 saturated carbocycles. The number of nitrogens with one attached hydrogen (secondary N) is 1. The Bertz CT molecular complexity index is 1410. The van der Waals surface area contributed by atoms with Crippen LogP contribution >= 0.6 is 0 Å². The molecule has 2 N–H and O–H groups in total. The van der Waals surface area contributed by atoms with Gasteiger partial charge in [0.2, 0.25) is 0 Å². The van der Waals surface area contributed by atoms with Gasteiger partial charge in [0.1, 0.15) is 5.75 Å². The van der Waals surface area contributed by atoms with Crippen molar-refractivity contribution < 1.29 is 24.2 Å². The number of fused-ring (bicyclic) bond motifs is 1. The highest BCUT2D eigenvalue weighted by Gasteiger charge is 2.36. The molecule has 10 heteroatoms. The van der Waals surface area contributed by atoms with Crippen molar-refractivity contribution in [2.75, 3.05) is 51.1 Å². The first-order chi connectivity index (χ1) is 22.4. The zero-order valence-electron chi connectivity index (χ0n) is 26.7. The van der Waals surface area contributed by atoms with Gasteiger partial charge in [-0.25, -0.2) is 9.59 Å². The molecule has 46 heavy (non-hydrogen) atoms. The second-order valence-electron chi connectivity index (χ2n) is 13.1. The molecule has 246 valence electrons. The number of phenols is 1. The van der Waals surface area contributed by atoms with Crippen molar-refractivity contribution in [2.24, 2.45) is 0 Å². The second kappa shape index (κ2) is 14.6. The Balaban J connectivity index is 1.08. The van der Waals surface area contributed by atoms with Crippen LogP contribution < -0.4 is 5.32 Å². The van der Waals surface area contributed by atoms with E-state index in [1.807, 2.05) is 34.1 Å². The van der Waals surface area contributed by atoms with E-state index in [-0.39, 0.29) is 30.2 Å². The molecular weight excluding hydrogens is 582 g/mol. The number of likely N-dealkylation sites (tertiary alicyclic amines) is 1. The van der Waals surface area contributed by atoms with Crippen LogP contribution in [0.1, 0.15) is 61.6 Å². The number of benzene rings is 2. The minimum absolute atomic E-state index is 0.0190. The summed E-state index contributed by atoms with van der Waals surface area (Å²) in [6, 6.07) is 13.5. The highest BCUT2D eigenvalue weighted by atomic mass is 16.6. The van der Waals surface area contributed by atoms with Crippen LogP contribution in [0, 0.1) is 0 Å². The molecule has 2 aromatic rings. The van der Waals surface area contributed by atoms with Crippen LogP contribution in [0.3, 0.4) is 0 Å². The Hall–Kier alpha value is -4.05. The third kappa shape index (κ3) is 7.33. The van der Waals surface area contributed by atoms with Crippen LogP contribution in [0.2, 0.25) is 0 Å². The van der Waals surface area contributed by atoms with Gasteiger partial charge in [-0.1, -0.05) is 56.2 Å². The molecule has 2 saturated heterocycles. The van der Waals surface area contributed by atoms with Gasteiger partial charge in [0.25, 0.3) is 5.91 Å². The van der Waals surface area contributed by atoms with E-state index in [4.69, 9.17) is 4.74 Å². The Morgan fingerprint density at radius 3 is 2.39 bits per heavy atom. The Kier molecular flexibility index (Phi) is 10.1. The predicted octanol–water partition coefficient (Wildman–Crippen LogP) is 5.11. The number of hydrogen-bond donors (Lipinski definition) is 2. The molecule has 6 rings (SSSR count). The number of hydrogen-bond acceptors (Lipinski definition) is 6. The number of urea groups is 1. The fourth-order valence-electron chi connectivity index (χ4n) is 7.54. The molecule has 1 atom stereocenters. The third-order valence-electron chi connectivity index (χ3n) is 10.3. The molecule has 0 spiro atoms. The quantitative estimate of drug-likeness (QED) is 0.441. The number of ether oxygens (including phenoxy) is 1. The smallest absolute Gasteiger partial charge is 0.410 e. The van der Waals surface area contributed by atoms with E-state index in [0.29, 0.717) is 57.2 Å². The van der Waals surface area contributed by atoms with Crippen LogP contribution in [0.15, 0.2) is 49.0 Å². The number of carbonyl (C=O) groups is 3. The van der Waals surface area contributed by atoms with Crippen molar-refractivity contribution in [1.29, 1.82) is 0 Å². The predicted molar refractivity (Wildman–Crippen MR) is 178 cm³/mol. The number of aromatic hydroxyl groups is 1. The number of carbonyl (C=O) groups excluding carboxylic acids is 3. The van der Waals surface area contributed by atoms with Crippen LogP contribution in [0.25, 0.3) is 6.08 Å². The lowest BCUT2D eigenvalue weighted by molar-refractivity contribution is -0.143. The average Bonchev–Trinajstić information content (AvgIpc) is 3.27. The van der Waals surface area contributed by atoms with E-state index < -0.39 is 12.2 Å². The van der Waals surface area contributed by atoms with E-state index >= 15 is 0 Å². The SMILES string of the molecule is C=Cc1cc(C[C@@H](OC(=O)N2CCC(N3CCc4ccccc4NC3=O)CC2)C(=O)N2CCN(C3CCCCC3)CC2)ccc1O. The summed E-state index contributed by atoms with van der Waals surface area (Å²) in [5.41, 5.74) is 3.33. The average molecular weight is 630 g/mol. The van der Waals surface area contributed by atoms with Crippen molar-refractivity contribution in [3.63, 3.8) is 0 Å². The summed E-state index contributed by atoms with van der Waals surface area (Å²) in [6.07, 6.45) is 8.67. The van der Waals surface area contributed by atoms with Gasteiger partial charge in [-0.05, 0) is 61.4 Å². The second-order valence-corrected chi connectivity index (χ2v) is 13.1. The number of phenolic OH excluding ortho intramolecular Hbond substituents is 1. The van der Waals surface area contributed by atoms with Crippen molar-refractivity contribution in [3.8, 4) is 5.75 Å². The Morgan fingerprint density at radius 1 is 0.913 bits per heavy atom. The van der Waals surface area contributed by atoms with Gasteiger partial charge in [-0.3, -0.25) is 9.69 Å². The van der Waals surface area contributed by atoms with Crippen molar-refractivity contribution in [1.82, 2.24) is 19.6 Å². The van der Waals surface area contributed by atoms with Gasteiger partial charge in [0, 0.05) is 75.6 Å². The minimum atomic E-state index is -0.983. The molecule has 3 heterocycles. The highest BCUT2D eigenvalue weighted by Crippen LogP contribution is 2.27. The molecule has 0 bridgehead atoms. The van der Waals surface area contributed by atoms with E-state index in [1.165, 1.54) is 32.1 Å². The van der Waals surface area contributed by atoms with Gasteiger partial charge in [0.15, 0.2) is 6.10 Å². The lowest BCUT2D eigenvalue weighted by Gasteiger charge is -2.41. The first-order valence-electron chi connectivity index (χ1n) is 17.0. The van der Waals surface area contributed by atoms with E-state index in [9.17, 15) is 19.5 Å². The fourth-order valence-corrected chi connectivity index (χ4v) is 7.54. The maximum Gasteiger partial charge on any atom is 0.410 e. The Labute approximate surface area is 272 Å². The summed E-state index contributed by atoms with van der Waals surface area (Å²) in [5.74, 6) is -0.0668. The largest absolute Gasteiger partial charge is 0.507 e. The zero-order valence-corrected chi connectivity index (χ0v) is 26.7. The summed E-state index contributed by atoms with van der Waals surface area (Å²) in [4.78, 5) is 48.5. The summed E-state index contributed by atoms with van der Waals surface area (Å²) < 4.78 is 6.02. The summed E-state index contributed by atoms with van der Waals surface area (Å²) >= 11 is 0. The van der Waals surface area contributed by atoms with Gasteiger partial charge >= 0.3 is 12.1 Å². The molecule has 4 aliphatic rings. The number of rotatable bonds is 7. The monoisotopic (exact) mass is 629 g/mol. The van der Waals surface area contributed by atoms with E-state index in [0.717, 1.165) is 36.3 Å². The normalized spacial score (nSPS) is 20.8. The maximum atomic E-state index is 13.9. The minimum Gasteiger partial charge on any atom is -0.507 e. The standard InChI is InChI=1S/C36H47N5O5/c1-2-27-24-26(12-13-32(27)42)25-33(34(43)39-22-20-38(21-23-39)29-9-4-3-5-10-29)46-36(45)40-17-15-30(16-18-40)41-19-14-28-8-6-7-11-31(28)37-35(41)44/h2,6-8,11-13,24,29-30,33,42H,1,3-5,9-10,14-23,25H2,(H,37,44)/t33-/m1/s1. The first kappa shape index (κ1) is 31.9. The number of piperidine rings is 1. The first-order valence-corrected chi connectivity index (χ1v) is 17.0. The lowest BCUT2D eigenvalue weighted by atomic mass is 9.94. The van der Waals surface area contributed by atoms with Crippen molar-refractivity contribution >= 4 is 29.8 Å². The Morgan fingerprint density at radius 2 is 1.65 bits per heavy atom. The third-order valence-corrected chi connectivity index (χ3v) is 10.3. The number of para-hydroxylation sites is 1. The number of nitrogens with zero attached hydrogens (tertiary/aromatic N) is 4. The van der Waals surface area contributed by atoms with Crippen LogP contribution in [-0.4, -0.2) is 107 Å². The van der Waals surface area contributed by atoms with Crippen LogP contribution in [0.5, 0.6) is 5.75 Å². The van der Waals surface area contributed by atoms with Crippen LogP contribution in [0.4, 0.5) is 15.3 Å². The molecule has 3 fully saturated rings. The molecular formula is C36H47N5O5. The molecule has 0 aromatic heterocycles.